The topological polar surface area (TPSA) is 95.7 Å². The number of benzene rings is 2. The lowest BCUT2D eigenvalue weighted by molar-refractivity contribution is 0.100. The Labute approximate surface area is 160 Å². The molecule has 0 spiro atoms. The number of carbonyl (C=O) groups excluding carboxylic acids is 2. The van der Waals surface area contributed by atoms with Crippen molar-refractivity contribution in [3.8, 4) is 0 Å². The van der Waals surface area contributed by atoms with Gasteiger partial charge >= 0.3 is 6.03 Å². The van der Waals surface area contributed by atoms with Crippen molar-refractivity contribution in [2.24, 2.45) is 5.73 Å². The minimum Gasteiger partial charge on any atom is -0.387 e. The molecule has 3 rings (SSSR count). The van der Waals surface area contributed by atoms with E-state index >= 15 is 0 Å². The predicted molar refractivity (Wildman–Crippen MR) is 100 cm³/mol. The zero-order valence-electron chi connectivity index (χ0n) is 14.4. The SMILES string of the molecule is NC(=O)c1ccc(NC(=O)N(CC(O)c2ccc(F)cc2)C2CC2)cc1Cl. The van der Waals surface area contributed by atoms with Crippen LogP contribution in [0.2, 0.25) is 5.02 Å². The molecule has 2 aromatic rings. The third-order valence-electron chi connectivity index (χ3n) is 4.36. The lowest BCUT2D eigenvalue weighted by Gasteiger charge is -2.26. The summed E-state index contributed by atoms with van der Waals surface area (Å²) in [5.41, 5.74) is 6.32. The number of aliphatic hydroxyl groups excluding tert-OH is 1. The van der Waals surface area contributed by atoms with E-state index in [0.717, 1.165) is 12.8 Å². The molecule has 0 radical (unpaired) electrons. The van der Waals surface area contributed by atoms with Crippen molar-refractivity contribution < 1.29 is 19.1 Å². The minimum atomic E-state index is -0.933. The summed E-state index contributed by atoms with van der Waals surface area (Å²) in [7, 11) is 0. The fraction of sp³-hybridized carbons (Fsp3) is 0.263. The van der Waals surface area contributed by atoms with E-state index in [4.69, 9.17) is 17.3 Å². The van der Waals surface area contributed by atoms with Crippen molar-refractivity contribution in [1.82, 2.24) is 4.90 Å². The number of hydrogen-bond donors (Lipinski definition) is 3. The number of rotatable bonds is 6. The molecule has 0 saturated heterocycles. The molecule has 0 aliphatic heterocycles. The molecule has 1 unspecified atom stereocenters. The molecule has 8 heteroatoms. The molecule has 27 heavy (non-hydrogen) atoms. The van der Waals surface area contributed by atoms with E-state index in [2.05, 4.69) is 5.32 Å². The maximum Gasteiger partial charge on any atom is 0.322 e. The molecule has 6 nitrogen and oxygen atoms in total. The Morgan fingerprint density at radius 1 is 1.26 bits per heavy atom. The lowest BCUT2D eigenvalue weighted by Crippen LogP contribution is -2.39. The third kappa shape index (κ3) is 4.75. The number of hydrogen-bond acceptors (Lipinski definition) is 3. The van der Waals surface area contributed by atoms with E-state index in [0.29, 0.717) is 11.3 Å². The fourth-order valence-corrected chi connectivity index (χ4v) is 3.02. The molecular weight excluding hydrogens is 373 g/mol. The Bertz CT molecular complexity index is 856. The van der Waals surface area contributed by atoms with Gasteiger partial charge in [0.25, 0.3) is 0 Å². The number of nitrogens with two attached hydrogens (primary N) is 1. The predicted octanol–water partition coefficient (Wildman–Crippen LogP) is 3.31. The summed E-state index contributed by atoms with van der Waals surface area (Å²) < 4.78 is 13.0. The molecule has 1 atom stereocenters. The van der Waals surface area contributed by atoms with Crippen LogP contribution in [0.3, 0.4) is 0 Å². The molecule has 4 N–H and O–H groups in total. The molecule has 142 valence electrons. The van der Waals surface area contributed by atoms with Gasteiger partial charge in [-0.25, -0.2) is 9.18 Å². The van der Waals surface area contributed by atoms with E-state index in [1.165, 1.54) is 42.5 Å². The molecule has 3 amide bonds. The van der Waals surface area contributed by atoms with Gasteiger partial charge in [0.2, 0.25) is 5.91 Å². The van der Waals surface area contributed by atoms with Crippen LogP contribution >= 0.6 is 11.6 Å². The van der Waals surface area contributed by atoms with Crippen molar-refractivity contribution in [3.05, 3.63) is 64.4 Å². The van der Waals surface area contributed by atoms with E-state index in [-0.39, 0.29) is 35.0 Å². The van der Waals surface area contributed by atoms with Crippen LogP contribution in [0.5, 0.6) is 0 Å². The fourth-order valence-electron chi connectivity index (χ4n) is 2.75. The van der Waals surface area contributed by atoms with Crippen LogP contribution in [0, 0.1) is 5.82 Å². The Morgan fingerprint density at radius 3 is 2.48 bits per heavy atom. The number of urea groups is 1. The van der Waals surface area contributed by atoms with E-state index in [1.807, 2.05) is 0 Å². The monoisotopic (exact) mass is 391 g/mol. The molecule has 0 bridgehead atoms. The second-order valence-electron chi connectivity index (χ2n) is 6.44. The first-order valence-electron chi connectivity index (χ1n) is 8.45. The summed E-state index contributed by atoms with van der Waals surface area (Å²) in [4.78, 5) is 25.4. The van der Waals surface area contributed by atoms with Gasteiger partial charge in [-0.05, 0) is 48.7 Å². The third-order valence-corrected chi connectivity index (χ3v) is 4.67. The van der Waals surface area contributed by atoms with Crippen LogP contribution in [0.1, 0.15) is 34.9 Å². The van der Waals surface area contributed by atoms with Crippen molar-refractivity contribution in [2.75, 3.05) is 11.9 Å². The van der Waals surface area contributed by atoms with Crippen molar-refractivity contribution in [1.29, 1.82) is 0 Å². The van der Waals surface area contributed by atoms with E-state index < -0.39 is 12.0 Å². The normalized spacial score (nSPS) is 14.5. The van der Waals surface area contributed by atoms with Crippen molar-refractivity contribution in [2.45, 2.75) is 25.0 Å². The number of halogens is 2. The maximum atomic E-state index is 13.0. The smallest absolute Gasteiger partial charge is 0.322 e. The molecule has 1 aliphatic rings. The molecule has 1 fully saturated rings. The summed E-state index contributed by atoms with van der Waals surface area (Å²) in [6, 6.07) is 9.59. The van der Waals surface area contributed by atoms with Gasteiger partial charge in [-0.1, -0.05) is 23.7 Å². The highest BCUT2D eigenvalue weighted by atomic mass is 35.5. The molecule has 0 heterocycles. The van der Waals surface area contributed by atoms with Gasteiger partial charge in [0.15, 0.2) is 0 Å². The molecule has 1 saturated carbocycles. The van der Waals surface area contributed by atoms with Crippen LogP contribution in [0.4, 0.5) is 14.9 Å². The van der Waals surface area contributed by atoms with Gasteiger partial charge in [0.1, 0.15) is 5.82 Å². The molecule has 1 aliphatic carbocycles. The number of aliphatic hydroxyl groups is 1. The zero-order chi connectivity index (χ0) is 19.6. The average Bonchev–Trinajstić information content (AvgIpc) is 3.44. The van der Waals surface area contributed by atoms with Gasteiger partial charge in [-0.2, -0.15) is 0 Å². The second-order valence-corrected chi connectivity index (χ2v) is 6.85. The van der Waals surface area contributed by atoms with Gasteiger partial charge < -0.3 is 21.1 Å². The Hall–Kier alpha value is -2.64. The molecule has 0 aromatic heterocycles. The van der Waals surface area contributed by atoms with Gasteiger partial charge in [0, 0.05) is 11.7 Å². The lowest BCUT2D eigenvalue weighted by atomic mass is 10.1. The molecular formula is C19H19ClFN3O3. The van der Waals surface area contributed by atoms with Crippen LogP contribution in [0.25, 0.3) is 0 Å². The Morgan fingerprint density at radius 2 is 1.93 bits per heavy atom. The molecule has 2 aromatic carbocycles. The van der Waals surface area contributed by atoms with E-state index in [1.54, 1.807) is 4.90 Å². The highest BCUT2D eigenvalue weighted by Gasteiger charge is 2.34. The zero-order valence-corrected chi connectivity index (χ0v) is 15.1. The Kier molecular flexibility index (Phi) is 5.62. The van der Waals surface area contributed by atoms with E-state index in [9.17, 15) is 19.1 Å². The number of amides is 3. The maximum absolute atomic E-state index is 13.0. The quantitative estimate of drug-likeness (QED) is 0.704. The first-order chi connectivity index (χ1) is 12.8. The largest absolute Gasteiger partial charge is 0.387 e. The summed E-state index contributed by atoms with van der Waals surface area (Å²) in [6.07, 6.45) is 0.772. The van der Waals surface area contributed by atoms with Crippen LogP contribution in [-0.2, 0) is 0 Å². The number of nitrogens with one attached hydrogen (secondary N) is 1. The number of nitrogens with zero attached hydrogens (tertiary/aromatic N) is 1. The summed E-state index contributed by atoms with van der Waals surface area (Å²) in [5, 5.41) is 13.3. The standard InChI is InChI=1S/C19H19ClFN3O3/c20-16-9-13(5-8-15(16)18(22)26)23-19(27)24(14-6-7-14)10-17(25)11-1-3-12(21)4-2-11/h1-5,8-9,14,17,25H,6-7,10H2,(H2,22,26)(H,23,27). The van der Waals surface area contributed by atoms with Gasteiger partial charge in [-0.15, -0.1) is 0 Å². The van der Waals surface area contributed by atoms with Crippen LogP contribution < -0.4 is 11.1 Å². The average molecular weight is 392 g/mol. The van der Waals surface area contributed by atoms with Crippen LogP contribution in [-0.4, -0.2) is 34.5 Å². The number of anilines is 1. The summed E-state index contributed by atoms with van der Waals surface area (Å²) in [5.74, 6) is -1.04. The summed E-state index contributed by atoms with van der Waals surface area (Å²) in [6.45, 7) is 0.0786. The Balaban J connectivity index is 1.69. The van der Waals surface area contributed by atoms with Gasteiger partial charge in [0.05, 0.1) is 23.2 Å². The highest BCUT2D eigenvalue weighted by Crippen LogP contribution is 2.30. The first-order valence-corrected chi connectivity index (χ1v) is 8.83. The first kappa shape index (κ1) is 19.1. The highest BCUT2D eigenvalue weighted by molar-refractivity contribution is 6.34. The second kappa shape index (κ2) is 7.94. The van der Waals surface area contributed by atoms with Crippen molar-refractivity contribution >= 4 is 29.2 Å². The van der Waals surface area contributed by atoms with Crippen LogP contribution in [0.15, 0.2) is 42.5 Å². The summed E-state index contributed by atoms with van der Waals surface area (Å²) >= 11 is 6.00. The minimum absolute atomic E-state index is 0.0421. The van der Waals surface area contributed by atoms with Crippen molar-refractivity contribution in [3.63, 3.8) is 0 Å². The van der Waals surface area contributed by atoms with Gasteiger partial charge in [-0.3, -0.25) is 4.79 Å². The number of carbonyl (C=O) groups is 2. The number of primary amides is 1.